The number of fused-ring (bicyclic) bond motifs is 1. The van der Waals surface area contributed by atoms with Crippen LogP contribution < -0.4 is 21.7 Å². The monoisotopic (exact) mass is 358 g/mol. The molecule has 1 fully saturated rings. The molecule has 7 heteroatoms. The summed E-state index contributed by atoms with van der Waals surface area (Å²) in [6.07, 6.45) is 0.511. The fraction of sp³-hybridized carbons (Fsp3) is 0.333. The molecule has 5 N–H and O–H groups in total. The van der Waals surface area contributed by atoms with E-state index in [-0.39, 0.29) is 35.1 Å². The van der Waals surface area contributed by atoms with Crippen molar-refractivity contribution in [3.8, 4) is 0 Å². The second kappa shape index (κ2) is 7.86. The Morgan fingerprint density at radius 1 is 1.32 bits per heavy atom. The maximum Gasteiger partial charge on any atom is 0.237 e. The largest absolute Gasteiger partial charge is 0.332 e. The minimum Gasteiger partial charge on any atom is -0.332 e. The maximum absolute atomic E-state index is 12.6. The molecule has 0 spiro atoms. The van der Waals surface area contributed by atoms with Crippen molar-refractivity contribution in [2.24, 2.45) is 5.73 Å². The van der Waals surface area contributed by atoms with Crippen LogP contribution in [0.5, 0.6) is 0 Å². The molecule has 2 aromatic rings. The molecule has 3 atom stereocenters. The molecule has 0 aromatic heterocycles. The molecule has 1 heterocycles. The third kappa shape index (κ3) is 4.50. The molecule has 3 unspecified atom stereocenters. The van der Waals surface area contributed by atoms with E-state index in [9.17, 15) is 9.59 Å². The first-order valence-electron chi connectivity index (χ1n) is 8.31. The van der Waals surface area contributed by atoms with Crippen LogP contribution in [0.1, 0.15) is 19.8 Å². The van der Waals surface area contributed by atoms with E-state index in [4.69, 9.17) is 5.73 Å². The van der Waals surface area contributed by atoms with Crippen molar-refractivity contribution in [3.63, 3.8) is 0 Å². The van der Waals surface area contributed by atoms with E-state index in [0.717, 1.165) is 16.5 Å². The van der Waals surface area contributed by atoms with Crippen molar-refractivity contribution in [2.75, 3.05) is 5.32 Å². The molecule has 3 rings (SSSR count). The molecule has 0 saturated carbocycles. The molecule has 6 nitrogen and oxygen atoms in total. The molecule has 0 radical (unpaired) electrons. The van der Waals surface area contributed by atoms with Gasteiger partial charge in [0.2, 0.25) is 11.8 Å². The summed E-state index contributed by atoms with van der Waals surface area (Å²) in [6, 6.07) is 13.8. The highest BCUT2D eigenvalue weighted by molar-refractivity contribution is 8.01. The smallest absolute Gasteiger partial charge is 0.237 e. The normalized spacial score (nSPS) is 21.6. The molecule has 0 aliphatic carbocycles. The SMILES string of the molecule is CCC(SC1NC(=O)CC(N)N1)C(=O)Nc1ccc2ccccc2c1. The first-order chi connectivity index (χ1) is 12.0. The van der Waals surface area contributed by atoms with Crippen molar-refractivity contribution >= 4 is 40.0 Å². The highest BCUT2D eigenvalue weighted by Crippen LogP contribution is 2.23. The number of benzene rings is 2. The number of anilines is 1. The Morgan fingerprint density at radius 2 is 2.08 bits per heavy atom. The van der Waals surface area contributed by atoms with E-state index in [1.54, 1.807) is 0 Å². The zero-order chi connectivity index (χ0) is 17.8. The molecule has 132 valence electrons. The number of carbonyl (C=O) groups is 2. The Kier molecular flexibility index (Phi) is 5.57. The van der Waals surface area contributed by atoms with Gasteiger partial charge < -0.3 is 16.4 Å². The van der Waals surface area contributed by atoms with Crippen molar-refractivity contribution < 1.29 is 9.59 Å². The molecular formula is C18H22N4O2S. The molecule has 1 aliphatic rings. The first kappa shape index (κ1) is 17.7. The van der Waals surface area contributed by atoms with Crippen LogP contribution in [0.3, 0.4) is 0 Å². The van der Waals surface area contributed by atoms with Crippen LogP contribution in [-0.4, -0.2) is 28.7 Å². The van der Waals surface area contributed by atoms with Gasteiger partial charge in [-0.3, -0.25) is 14.9 Å². The van der Waals surface area contributed by atoms with Gasteiger partial charge in [0.15, 0.2) is 0 Å². The van der Waals surface area contributed by atoms with Crippen molar-refractivity contribution in [3.05, 3.63) is 42.5 Å². The summed E-state index contributed by atoms with van der Waals surface area (Å²) in [6.45, 7) is 1.95. The average molecular weight is 358 g/mol. The number of rotatable bonds is 5. The lowest BCUT2D eigenvalue weighted by Crippen LogP contribution is -2.58. The molecule has 2 aromatic carbocycles. The van der Waals surface area contributed by atoms with Crippen LogP contribution in [0, 0.1) is 0 Å². The Bertz CT molecular complexity index is 783. The highest BCUT2D eigenvalue weighted by atomic mass is 32.2. The van der Waals surface area contributed by atoms with Gasteiger partial charge in [-0.2, -0.15) is 0 Å². The minimum atomic E-state index is -0.382. The number of hydrogen-bond acceptors (Lipinski definition) is 5. The summed E-state index contributed by atoms with van der Waals surface area (Å²) in [5, 5.41) is 10.8. The fourth-order valence-electron chi connectivity index (χ4n) is 2.77. The number of carbonyl (C=O) groups excluding carboxylic acids is 2. The quantitative estimate of drug-likeness (QED) is 0.655. The number of thioether (sulfide) groups is 1. The van der Waals surface area contributed by atoms with E-state index < -0.39 is 0 Å². The van der Waals surface area contributed by atoms with Gasteiger partial charge in [-0.15, -0.1) is 11.8 Å². The van der Waals surface area contributed by atoms with E-state index in [0.29, 0.717) is 6.42 Å². The van der Waals surface area contributed by atoms with Crippen molar-refractivity contribution in [1.82, 2.24) is 10.6 Å². The molecule has 2 amide bonds. The Hall–Kier alpha value is -2.09. The lowest BCUT2D eigenvalue weighted by atomic mass is 10.1. The molecular weight excluding hydrogens is 336 g/mol. The number of hydrogen-bond donors (Lipinski definition) is 4. The van der Waals surface area contributed by atoms with Gasteiger partial charge in [0, 0.05) is 5.69 Å². The average Bonchev–Trinajstić information content (AvgIpc) is 2.58. The van der Waals surface area contributed by atoms with E-state index in [1.165, 1.54) is 11.8 Å². The summed E-state index contributed by atoms with van der Waals surface area (Å²) in [7, 11) is 0. The van der Waals surface area contributed by atoms with Gasteiger partial charge >= 0.3 is 0 Å². The Balaban J connectivity index is 1.65. The van der Waals surface area contributed by atoms with Crippen LogP contribution in [0.4, 0.5) is 5.69 Å². The van der Waals surface area contributed by atoms with E-state index in [2.05, 4.69) is 16.0 Å². The van der Waals surface area contributed by atoms with Gasteiger partial charge in [0.1, 0.15) is 5.50 Å². The fourth-order valence-corrected chi connectivity index (χ4v) is 3.93. The van der Waals surface area contributed by atoms with E-state index >= 15 is 0 Å². The number of nitrogens with two attached hydrogens (primary N) is 1. The Labute approximate surface area is 150 Å². The second-order valence-electron chi connectivity index (χ2n) is 6.01. The third-order valence-corrected chi connectivity index (χ3v) is 5.45. The van der Waals surface area contributed by atoms with Crippen LogP contribution in [0.25, 0.3) is 10.8 Å². The lowest BCUT2D eigenvalue weighted by molar-refractivity contribution is -0.123. The van der Waals surface area contributed by atoms with Gasteiger partial charge in [0.25, 0.3) is 0 Å². The molecule has 1 aliphatic heterocycles. The van der Waals surface area contributed by atoms with Gasteiger partial charge in [-0.1, -0.05) is 37.3 Å². The molecule has 0 bridgehead atoms. The van der Waals surface area contributed by atoms with Crippen LogP contribution >= 0.6 is 11.8 Å². The number of amides is 2. The van der Waals surface area contributed by atoms with Gasteiger partial charge in [0.05, 0.1) is 17.8 Å². The van der Waals surface area contributed by atoms with E-state index in [1.807, 2.05) is 49.4 Å². The van der Waals surface area contributed by atoms with Gasteiger partial charge in [-0.25, -0.2) is 0 Å². The zero-order valence-corrected chi connectivity index (χ0v) is 14.8. The van der Waals surface area contributed by atoms with Crippen LogP contribution in [-0.2, 0) is 9.59 Å². The number of nitrogens with one attached hydrogen (secondary N) is 3. The molecule has 25 heavy (non-hydrogen) atoms. The first-order valence-corrected chi connectivity index (χ1v) is 9.25. The van der Waals surface area contributed by atoms with Crippen LogP contribution in [0.15, 0.2) is 42.5 Å². The third-order valence-electron chi connectivity index (χ3n) is 4.04. The molecule has 1 saturated heterocycles. The Morgan fingerprint density at radius 3 is 2.80 bits per heavy atom. The van der Waals surface area contributed by atoms with Crippen LogP contribution in [0.2, 0.25) is 0 Å². The predicted octanol–water partition coefficient (Wildman–Crippen LogP) is 1.97. The summed E-state index contributed by atoms with van der Waals surface area (Å²) in [4.78, 5) is 24.2. The summed E-state index contributed by atoms with van der Waals surface area (Å²) < 4.78 is 0. The topological polar surface area (TPSA) is 96.2 Å². The standard InChI is InChI=1S/C18H22N4O2S/c1-2-14(25-18-21-15(19)10-16(23)22-18)17(24)20-13-8-7-11-5-3-4-6-12(11)9-13/h3-9,14-15,18,21H,2,10,19H2,1H3,(H,20,24)(H,22,23). The van der Waals surface area contributed by atoms with Crippen molar-refractivity contribution in [1.29, 1.82) is 0 Å². The zero-order valence-electron chi connectivity index (χ0n) is 14.0. The maximum atomic E-state index is 12.6. The summed E-state index contributed by atoms with van der Waals surface area (Å²) in [5.41, 5.74) is 6.21. The van der Waals surface area contributed by atoms with Gasteiger partial charge in [-0.05, 0) is 29.3 Å². The summed E-state index contributed by atoms with van der Waals surface area (Å²) in [5.74, 6) is -0.188. The second-order valence-corrected chi connectivity index (χ2v) is 7.32. The highest BCUT2D eigenvalue weighted by Gasteiger charge is 2.28. The van der Waals surface area contributed by atoms with Crippen molar-refractivity contribution in [2.45, 2.75) is 36.7 Å². The lowest BCUT2D eigenvalue weighted by Gasteiger charge is -2.30. The minimum absolute atomic E-state index is 0.0852. The summed E-state index contributed by atoms with van der Waals surface area (Å²) >= 11 is 1.37. The predicted molar refractivity (Wildman–Crippen MR) is 102 cm³/mol.